The largest absolute Gasteiger partial charge is 0.383 e. The van der Waals surface area contributed by atoms with Crippen LogP contribution in [0.2, 0.25) is 0 Å². The van der Waals surface area contributed by atoms with Gasteiger partial charge in [0, 0.05) is 29.4 Å². The molecule has 1 aromatic heterocycles. The highest BCUT2D eigenvalue weighted by Gasteiger charge is 2.09. The number of nitrogens with zero attached hydrogens (tertiary/aromatic N) is 1. The van der Waals surface area contributed by atoms with Gasteiger partial charge in [0.15, 0.2) is 0 Å². The van der Waals surface area contributed by atoms with Gasteiger partial charge in [0.2, 0.25) is 5.91 Å². The first-order valence-corrected chi connectivity index (χ1v) is 6.38. The molecule has 0 aliphatic heterocycles. The number of nitrogens with one attached hydrogen (secondary N) is 1. The van der Waals surface area contributed by atoms with Crippen molar-refractivity contribution >= 4 is 21.8 Å². The van der Waals surface area contributed by atoms with E-state index in [0.717, 1.165) is 4.47 Å². The van der Waals surface area contributed by atoms with Gasteiger partial charge in [-0.05, 0) is 35.8 Å². The summed E-state index contributed by atoms with van der Waals surface area (Å²) in [4.78, 5) is 23.5. The van der Waals surface area contributed by atoms with E-state index in [4.69, 9.17) is 4.74 Å². The lowest BCUT2D eigenvalue weighted by molar-refractivity contribution is -0.122. The first kappa shape index (κ1) is 14.9. The number of pyridine rings is 1. The van der Waals surface area contributed by atoms with Crippen molar-refractivity contribution in [2.45, 2.75) is 26.4 Å². The molecule has 18 heavy (non-hydrogen) atoms. The number of ether oxygens (including phenoxy) is 1. The quantitative estimate of drug-likeness (QED) is 0.884. The first-order chi connectivity index (χ1) is 8.43. The number of carbonyl (C=O) groups is 1. The van der Waals surface area contributed by atoms with E-state index >= 15 is 0 Å². The highest BCUT2D eigenvalue weighted by molar-refractivity contribution is 9.10. The lowest BCUT2D eigenvalue weighted by atomic mass is 10.3. The highest BCUT2D eigenvalue weighted by Crippen LogP contribution is 2.07. The van der Waals surface area contributed by atoms with Crippen LogP contribution in [0.5, 0.6) is 0 Å². The van der Waals surface area contributed by atoms with Crippen molar-refractivity contribution in [2.24, 2.45) is 0 Å². The Morgan fingerprint density at radius 2 is 2.28 bits per heavy atom. The Kier molecular flexibility index (Phi) is 5.55. The van der Waals surface area contributed by atoms with Gasteiger partial charge in [-0.1, -0.05) is 0 Å². The maximum absolute atomic E-state index is 11.8. The number of halogens is 1. The second-order valence-electron chi connectivity index (χ2n) is 4.20. The van der Waals surface area contributed by atoms with Crippen molar-refractivity contribution < 1.29 is 9.53 Å². The van der Waals surface area contributed by atoms with Crippen molar-refractivity contribution in [3.8, 4) is 0 Å². The number of hydrogen-bond donors (Lipinski definition) is 1. The Hall–Kier alpha value is -1.14. The van der Waals surface area contributed by atoms with Gasteiger partial charge in [-0.3, -0.25) is 9.59 Å². The molecule has 0 fully saturated rings. The van der Waals surface area contributed by atoms with Crippen molar-refractivity contribution in [3.63, 3.8) is 0 Å². The van der Waals surface area contributed by atoms with Gasteiger partial charge in [-0.25, -0.2) is 0 Å². The van der Waals surface area contributed by atoms with Gasteiger partial charge in [0.05, 0.1) is 6.61 Å². The Balaban J connectivity index is 2.73. The van der Waals surface area contributed by atoms with Crippen LogP contribution in [0.3, 0.4) is 0 Å². The fourth-order valence-corrected chi connectivity index (χ4v) is 2.21. The minimum absolute atomic E-state index is 0.00711. The van der Waals surface area contributed by atoms with E-state index in [2.05, 4.69) is 21.2 Å². The standard InChI is InChI=1S/C12H17BrN2O3/c1-8-4-10(13)5-15(12(8)17)6-11(16)14-9(2)7-18-3/h4-5,9H,6-7H2,1-3H3,(H,14,16). The third-order valence-corrected chi connectivity index (χ3v) is 2.80. The summed E-state index contributed by atoms with van der Waals surface area (Å²) < 4.78 is 7.08. The van der Waals surface area contributed by atoms with Gasteiger partial charge in [0.1, 0.15) is 6.54 Å². The van der Waals surface area contributed by atoms with Crippen molar-refractivity contribution in [1.82, 2.24) is 9.88 Å². The number of carbonyl (C=O) groups excluding carboxylic acids is 1. The molecule has 5 nitrogen and oxygen atoms in total. The summed E-state index contributed by atoms with van der Waals surface area (Å²) in [6.45, 7) is 4.01. The van der Waals surface area contributed by atoms with Crippen LogP contribution in [0.15, 0.2) is 21.5 Å². The summed E-state index contributed by atoms with van der Waals surface area (Å²) in [6.07, 6.45) is 1.61. The zero-order valence-electron chi connectivity index (χ0n) is 10.7. The van der Waals surface area contributed by atoms with E-state index in [9.17, 15) is 9.59 Å². The van der Waals surface area contributed by atoms with Gasteiger partial charge < -0.3 is 14.6 Å². The summed E-state index contributed by atoms with van der Waals surface area (Å²) >= 11 is 3.30. The predicted octanol–water partition coefficient (Wildman–Crippen LogP) is 1.07. The summed E-state index contributed by atoms with van der Waals surface area (Å²) in [5, 5.41) is 2.76. The monoisotopic (exact) mass is 316 g/mol. The van der Waals surface area contributed by atoms with Gasteiger partial charge in [-0.15, -0.1) is 0 Å². The second-order valence-corrected chi connectivity index (χ2v) is 5.11. The van der Waals surface area contributed by atoms with E-state index in [-0.39, 0.29) is 24.1 Å². The average molecular weight is 317 g/mol. The van der Waals surface area contributed by atoms with Crippen LogP contribution in [-0.4, -0.2) is 30.2 Å². The molecule has 1 aromatic rings. The van der Waals surface area contributed by atoms with E-state index < -0.39 is 0 Å². The van der Waals surface area contributed by atoms with Crippen molar-refractivity contribution in [3.05, 3.63) is 32.7 Å². The summed E-state index contributed by atoms with van der Waals surface area (Å²) in [6, 6.07) is 1.65. The smallest absolute Gasteiger partial charge is 0.253 e. The topological polar surface area (TPSA) is 60.3 Å². The van der Waals surface area contributed by atoms with Gasteiger partial charge in [0.25, 0.3) is 5.56 Å². The SMILES string of the molecule is COCC(C)NC(=O)Cn1cc(Br)cc(C)c1=O. The van der Waals surface area contributed by atoms with Crippen LogP contribution in [0, 0.1) is 6.92 Å². The lowest BCUT2D eigenvalue weighted by Crippen LogP contribution is -2.39. The third kappa shape index (κ3) is 4.27. The number of amides is 1. The maximum Gasteiger partial charge on any atom is 0.253 e. The molecule has 6 heteroatoms. The fraction of sp³-hybridized carbons (Fsp3) is 0.500. The minimum Gasteiger partial charge on any atom is -0.383 e. The fourth-order valence-electron chi connectivity index (χ4n) is 1.62. The number of hydrogen-bond acceptors (Lipinski definition) is 3. The number of methoxy groups -OCH3 is 1. The summed E-state index contributed by atoms with van der Waals surface area (Å²) in [7, 11) is 1.57. The molecule has 100 valence electrons. The zero-order chi connectivity index (χ0) is 13.7. The van der Waals surface area contributed by atoms with Crippen LogP contribution in [0.25, 0.3) is 0 Å². The Morgan fingerprint density at radius 1 is 1.61 bits per heavy atom. The van der Waals surface area contributed by atoms with E-state index in [1.807, 2.05) is 6.92 Å². The molecule has 0 aromatic carbocycles. The molecule has 1 rings (SSSR count). The van der Waals surface area contributed by atoms with Gasteiger partial charge >= 0.3 is 0 Å². The van der Waals surface area contributed by atoms with E-state index in [0.29, 0.717) is 12.2 Å². The van der Waals surface area contributed by atoms with Crippen LogP contribution in [0.1, 0.15) is 12.5 Å². The molecule has 0 bridgehead atoms. The molecule has 1 unspecified atom stereocenters. The van der Waals surface area contributed by atoms with Crippen molar-refractivity contribution in [2.75, 3.05) is 13.7 Å². The first-order valence-electron chi connectivity index (χ1n) is 5.59. The summed E-state index contributed by atoms with van der Waals surface area (Å²) in [5.41, 5.74) is 0.440. The van der Waals surface area contributed by atoms with Crippen molar-refractivity contribution in [1.29, 1.82) is 0 Å². The van der Waals surface area contributed by atoms with Crippen LogP contribution >= 0.6 is 15.9 Å². The Bertz CT molecular complexity index is 485. The molecular weight excluding hydrogens is 300 g/mol. The normalized spacial score (nSPS) is 12.2. The highest BCUT2D eigenvalue weighted by atomic mass is 79.9. The molecule has 0 aliphatic rings. The number of aromatic nitrogens is 1. The summed E-state index contributed by atoms with van der Waals surface area (Å²) in [5.74, 6) is -0.209. The maximum atomic E-state index is 11.8. The van der Waals surface area contributed by atoms with Gasteiger partial charge in [-0.2, -0.15) is 0 Å². The molecule has 0 radical (unpaired) electrons. The average Bonchev–Trinajstić information content (AvgIpc) is 2.25. The molecule has 0 saturated carbocycles. The van der Waals surface area contributed by atoms with E-state index in [1.165, 1.54) is 4.57 Å². The molecule has 0 spiro atoms. The molecule has 0 aliphatic carbocycles. The second kappa shape index (κ2) is 6.70. The number of aryl methyl sites for hydroxylation is 1. The molecule has 1 atom stereocenters. The Morgan fingerprint density at radius 3 is 2.89 bits per heavy atom. The third-order valence-electron chi connectivity index (χ3n) is 2.37. The lowest BCUT2D eigenvalue weighted by Gasteiger charge is -2.13. The zero-order valence-corrected chi connectivity index (χ0v) is 12.3. The minimum atomic E-state index is -0.209. The molecule has 1 amide bonds. The van der Waals surface area contributed by atoms with Crippen LogP contribution in [-0.2, 0) is 16.1 Å². The van der Waals surface area contributed by atoms with Crippen LogP contribution < -0.4 is 10.9 Å². The Labute approximate surface area is 114 Å². The molecule has 1 N–H and O–H groups in total. The molecule has 0 saturated heterocycles. The molecular formula is C12H17BrN2O3. The predicted molar refractivity (Wildman–Crippen MR) is 72.6 cm³/mol. The molecule has 1 heterocycles. The van der Waals surface area contributed by atoms with E-state index in [1.54, 1.807) is 26.3 Å². The number of rotatable bonds is 5. The van der Waals surface area contributed by atoms with Crippen LogP contribution in [0.4, 0.5) is 0 Å².